The highest BCUT2D eigenvalue weighted by Crippen LogP contribution is 2.06. The van der Waals surface area contributed by atoms with E-state index in [9.17, 15) is 8.78 Å². The molecule has 18 heavy (non-hydrogen) atoms. The summed E-state index contributed by atoms with van der Waals surface area (Å²) in [7, 11) is 0. The first-order chi connectivity index (χ1) is 8.69. The van der Waals surface area contributed by atoms with Crippen molar-refractivity contribution in [3.05, 3.63) is 65.0 Å². The predicted molar refractivity (Wildman–Crippen MR) is 66.0 cm³/mol. The molecule has 2 aromatic rings. The molecule has 0 fully saturated rings. The minimum Gasteiger partial charge on any atom is -0.189 e. The minimum atomic E-state index is -0.882. The number of halogens is 2. The largest absolute Gasteiger partial charge is 0.231 e. The van der Waals surface area contributed by atoms with E-state index in [2.05, 4.69) is 23.7 Å². The molecule has 0 spiro atoms. The Hall–Kier alpha value is -2.21. The maximum Gasteiger partial charge on any atom is 0.231 e. The molecule has 2 rings (SSSR count). The number of nitrogens with zero attached hydrogens (tertiary/aromatic N) is 1. The molecule has 0 saturated carbocycles. The Bertz CT molecular complexity index is 607. The number of hydrogen-bond donors (Lipinski definition) is 0. The zero-order valence-electron chi connectivity index (χ0n) is 9.87. The van der Waals surface area contributed by atoms with Crippen molar-refractivity contribution in [2.45, 2.75) is 13.3 Å². The molecule has 0 amide bonds. The van der Waals surface area contributed by atoms with Crippen LogP contribution in [0.3, 0.4) is 0 Å². The van der Waals surface area contributed by atoms with E-state index in [4.69, 9.17) is 0 Å². The summed E-state index contributed by atoms with van der Waals surface area (Å²) in [6.45, 7) is 2.07. The van der Waals surface area contributed by atoms with Gasteiger partial charge in [0.25, 0.3) is 0 Å². The average molecular weight is 243 g/mol. The molecular weight excluding hydrogens is 232 g/mol. The molecule has 0 aliphatic carbocycles. The van der Waals surface area contributed by atoms with Crippen molar-refractivity contribution in [3.63, 3.8) is 0 Å². The van der Waals surface area contributed by atoms with E-state index in [-0.39, 0.29) is 5.56 Å². The summed E-state index contributed by atoms with van der Waals surface area (Å²) in [5.41, 5.74) is 2.10. The van der Waals surface area contributed by atoms with E-state index in [1.165, 1.54) is 11.6 Å². The topological polar surface area (TPSA) is 12.9 Å². The van der Waals surface area contributed by atoms with Crippen LogP contribution in [-0.4, -0.2) is 4.98 Å². The molecule has 0 atom stereocenters. The predicted octanol–water partition coefficient (Wildman–Crippen LogP) is 3.32. The zero-order chi connectivity index (χ0) is 13.0. The van der Waals surface area contributed by atoms with Gasteiger partial charge in [0.05, 0.1) is 5.56 Å². The maximum atomic E-state index is 13.2. The monoisotopic (exact) mass is 243 g/mol. The summed E-state index contributed by atoms with van der Waals surface area (Å²) in [5.74, 6) is 3.74. The van der Waals surface area contributed by atoms with Crippen LogP contribution in [0.2, 0.25) is 0 Å². The van der Waals surface area contributed by atoms with Crippen LogP contribution in [0.4, 0.5) is 8.78 Å². The van der Waals surface area contributed by atoms with Crippen LogP contribution in [0, 0.1) is 23.7 Å². The third kappa shape index (κ3) is 2.92. The van der Waals surface area contributed by atoms with Gasteiger partial charge in [-0.15, -0.1) is 0 Å². The van der Waals surface area contributed by atoms with Crippen molar-refractivity contribution in [2.75, 3.05) is 0 Å². The zero-order valence-corrected chi connectivity index (χ0v) is 9.87. The molecule has 3 heteroatoms. The molecule has 0 bridgehead atoms. The lowest BCUT2D eigenvalue weighted by Crippen LogP contribution is -1.91. The lowest BCUT2D eigenvalue weighted by atomic mass is 10.1. The van der Waals surface area contributed by atoms with Gasteiger partial charge in [0.15, 0.2) is 0 Å². The second kappa shape index (κ2) is 5.42. The van der Waals surface area contributed by atoms with Crippen molar-refractivity contribution in [3.8, 4) is 11.8 Å². The van der Waals surface area contributed by atoms with Gasteiger partial charge in [-0.05, 0) is 36.2 Å². The van der Waals surface area contributed by atoms with E-state index in [1.54, 1.807) is 0 Å². The third-order valence-corrected chi connectivity index (χ3v) is 2.52. The molecule has 0 saturated heterocycles. The summed E-state index contributed by atoms with van der Waals surface area (Å²) in [6.07, 6.45) is 0.963. The van der Waals surface area contributed by atoms with Crippen LogP contribution in [0.15, 0.2) is 36.4 Å². The van der Waals surface area contributed by atoms with E-state index in [0.29, 0.717) is 0 Å². The van der Waals surface area contributed by atoms with Crippen LogP contribution < -0.4 is 0 Å². The Morgan fingerprint density at radius 3 is 2.33 bits per heavy atom. The van der Waals surface area contributed by atoms with Crippen molar-refractivity contribution in [1.82, 2.24) is 4.98 Å². The van der Waals surface area contributed by atoms with Gasteiger partial charge in [0, 0.05) is 5.56 Å². The summed E-state index contributed by atoms with van der Waals surface area (Å²) < 4.78 is 25.8. The number of rotatable bonds is 1. The Morgan fingerprint density at radius 2 is 1.72 bits per heavy atom. The second-order valence-corrected chi connectivity index (χ2v) is 3.77. The lowest BCUT2D eigenvalue weighted by Gasteiger charge is -1.95. The van der Waals surface area contributed by atoms with E-state index in [1.807, 2.05) is 24.3 Å². The molecule has 1 aromatic heterocycles. The minimum absolute atomic E-state index is 0.0935. The van der Waals surface area contributed by atoms with Gasteiger partial charge in [-0.1, -0.05) is 30.9 Å². The van der Waals surface area contributed by atoms with Crippen molar-refractivity contribution < 1.29 is 8.78 Å². The molecule has 1 nitrogen and oxygen atoms in total. The number of pyridine rings is 1. The second-order valence-electron chi connectivity index (χ2n) is 3.77. The van der Waals surface area contributed by atoms with Crippen LogP contribution >= 0.6 is 0 Å². The van der Waals surface area contributed by atoms with Gasteiger partial charge >= 0.3 is 0 Å². The van der Waals surface area contributed by atoms with Crippen molar-refractivity contribution in [2.24, 2.45) is 0 Å². The smallest absolute Gasteiger partial charge is 0.189 e. The number of hydrogen-bond acceptors (Lipinski definition) is 1. The first-order valence-corrected chi connectivity index (χ1v) is 5.62. The highest BCUT2D eigenvalue weighted by atomic mass is 19.1. The average Bonchev–Trinajstić information content (AvgIpc) is 2.38. The Labute approximate surface area is 104 Å². The maximum absolute atomic E-state index is 13.2. The van der Waals surface area contributed by atoms with Crippen molar-refractivity contribution >= 4 is 0 Å². The third-order valence-electron chi connectivity index (χ3n) is 2.52. The summed E-state index contributed by atoms with van der Waals surface area (Å²) >= 11 is 0. The van der Waals surface area contributed by atoms with Crippen LogP contribution in [0.1, 0.15) is 23.6 Å². The Morgan fingerprint density at radius 1 is 1.00 bits per heavy atom. The van der Waals surface area contributed by atoms with Crippen molar-refractivity contribution in [1.29, 1.82) is 0 Å². The first-order valence-electron chi connectivity index (χ1n) is 5.62. The number of aromatic nitrogens is 1. The fourth-order valence-electron chi connectivity index (χ4n) is 1.47. The first kappa shape index (κ1) is 12.3. The Balaban J connectivity index is 2.25. The fraction of sp³-hybridized carbons (Fsp3) is 0.133. The number of benzene rings is 1. The molecule has 0 unspecified atom stereocenters. The summed E-state index contributed by atoms with van der Waals surface area (Å²) in [4.78, 5) is 3.08. The lowest BCUT2D eigenvalue weighted by molar-refractivity contribution is 0.510. The number of aryl methyl sites for hydroxylation is 1. The van der Waals surface area contributed by atoms with Crippen LogP contribution in [0.25, 0.3) is 0 Å². The molecule has 0 radical (unpaired) electrons. The standard InChI is InChI=1S/C15H11F2N/c1-2-11-3-5-12(6-4-11)7-8-13-9-10-14(16)18-15(13)17/h3-6,9-10H,2H2,1H3. The van der Waals surface area contributed by atoms with E-state index >= 15 is 0 Å². The summed E-state index contributed by atoms with van der Waals surface area (Å²) in [5, 5.41) is 0. The molecule has 0 aliphatic heterocycles. The highest BCUT2D eigenvalue weighted by molar-refractivity contribution is 5.42. The fourth-order valence-corrected chi connectivity index (χ4v) is 1.47. The SMILES string of the molecule is CCc1ccc(C#Cc2ccc(F)nc2F)cc1. The summed E-state index contributed by atoms with van der Waals surface area (Å²) in [6, 6.07) is 10.1. The molecular formula is C15H11F2N. The van der Waals surface area contributed by atoms with Gasteiger partial charge in [-0.25, -0.2) is 0 Å². The van der Waals surface area contributed by atoms with Gasteiger partial charge in [-0.3, -0.25) is 0 Å². The van der Waals surface area contributed by atoms with Crippen LogP contribution in [0.5, 0.6) is 0 Å². The van der Waals surface area contributed by atoms with Gasteiger partial charge < -0.3 is 0 Å². The van der Waals surface area contributed by atoms with Gasteiger partial charge in [-0.2, -0.15) is 13.8 Å². The van der Waals surface area contributed by atoms with Gasteiger partial charge in [0.2, 0.25) is 11.9 Å². The normalized spacial score (nSPS) is 9.72. The quantitative estimate of drug-likeness (QED) is 0.553. The molecule has 1 heterocycles. The Kier molecular flexibility index (Phi) is 3.69. The molecule has 90 valence electrons. The molecule has 0 aliphatic rings. The van der Waals surface area contributed by atoms with E-state index in [0.717, 1.165) is 18.1 Å². The van der Waals surface area contributed by atoms with E-state index < -0.39 is 11.9 Å². The highest BCUT2D eigenvalue weighted by Gasteiger charge is 2.01. The molecule has 0 N–H and O–H groups in total. The van der Waals surface area contributed by atoms with Crippen LogP contribution in [-0.2, 0) is 6.42 Å². The molecule has 1 aromatic carbocycles. The van der Waals surface area contributed by atoms with Gasteiger partial charge in [0.1, 0.15) is 0 Å².